The van der Waals surface area contributed by atoms with Gasteiger partial charge in [-0.3, -0.25) is 0 Å². The molecule has 0 N–H and O–H groups in total. The van der Waals surface area contributed by atoms with E-state index in [2.05, 4.69) is 11.8 Å². The Kier molecular flexibility index (Phi) is 7.80. The average molecular weight is 478 g/mol. The van der Waals surface area contributed by atoms with Gasteiger partial charge in [0.05, 0.1) is 24.0 Å². The highest BCUT2D eigenvalue weighted by Crippen LogP contribution is 2.44. The zero-order chi connectivity index (χ0) is 23.5. The van der Waals surface area contributed by atoms with Crippen LogP contribution in [0.5, 0.6) is 0 Å². The van der Waals surface area contributed by atoms with Crippen LogP contribution in [0, 0.1) is 0 Å². The molecule has 32 heavy (non-hydrogen) atoms. The van der Waals surface area contributed by atoms with Gasteiger partial charge < -0.3 is 14.5 Å². The molecule has 0 fully saturated rings. The summed E-state index contributed by atoms with van der Waals surface area (Å²) in [6.07, 6.45) is 2.71. The van der Waals surface area contributed by atoms with Gasteiger partial charge >= 0.3 is 5.97 Å². The minimum absolute atomic E-state index is 0.0812. The number of nitrogens with zero attached hydrogens (tertiary/aromatic N) is 3. The fourth-order valence-corrected chi connectivity index (χ4v) is 7.42. The molecule has 3 rings (SSSR count). The van der Waals surface area contributed by atoms with Crippen molar-refractivity contribution in [3.05, 3.63) is 48.0 Å². The Morgan fingerprint density at radius 1 is 1.22 bits per heavy atom. The topological polar surface area (TPSA) is 70.2 Å². The summed E-state index contributed by atoms with van der Waals surface area (Å²) in [5.41, 5.74) is 2.35. The monoisotopic (exact) mass is 477 g/mol. The molecule has 9 heteroatoms. The number of sulfonamides is 1. The number of hydrogen-bond acceptors (Lipinski definition) is 6. The summed E-state index contributed by atoms with van der Waals surface area (Å²) in [5, 5.41) is 0. The van der Waals surface area contributed by atoms with Gasteiger partial charge in [0.1, 0.15) is 4.90 Å². The van der Waals surface area contributed by atoms with Crippen molar-refractivity contribution >= 4 is 41.8 Å². The quantitative estimate of drug-likeness (QED) is 0.433. The third kappa shape index (κ3) is 4.63. The molecule has 0 bridgehead atoms. The van der Waals surface area contributed by atoms with Crippen LogP contribution in [0.1, 0.15) is 36.5 Å². The first-order chi connectivity index (χ1) is 15.3. The van der Waals surface area contributed by atoms with E-state index in [1.54, 1.807) is 15.0 Å². The number of carbonyl (C=O) groups is 1. The Morgan fingerprint density at radius 2 is 1.91 bits per heavy atom. The van der Waals surface area contributed by atoms with Crippen LogP contribution in [0.15, 0.2) is 47.4 Å². The van der Waals surface area contributed by atoms with Crippen molar-refractivity contribution in [1.82, 2.24) is 4.08 Å². The van der Waals surface area contributed by atoms with Gasteiger partial charge in [0, 0.05) is 32.4 Å². The lowest BCUT2D eigenvalue weighted by Gasteiger charge is -2.31. The Balaban J connectivity index is 2.34. The molecule has 0 radical (unpaired) electrons. The van der Waals surface area contributed by atoms with Gasteiger partial charge in [-0.25, -0.2) is 13.2 Å². The summed E-state index contributed by atoms with van der Waals surface area (Å²) in [5.74, 6) is -0.560. The van der Waals surface area contributed by atoms with Gasteiger partial charge in [-0.15, -0.1) is 0 Å². The van der Waals surface area contributed by atoms with Crippen molar-refractivity contribution in [2.45, 2.75) is 37.1 Å². The molecule has 0 spiro atoms. The molecule has 7 nitrogen and oxygen atoms in total. The van der Waals surface area contributed by atoms with Gasteiger partial charge in [0.2, 0.25) is 10.0 Å². The molecule has 1 unspecified atom stereocenters. The normalized spacial score (nSPS) is 18.4. The van der Waals surface area contributed by atoms with Crippen molar-refractivity contribution in [2.75, 3.05) is 44.2 Å². The highest BCUT2D eigenvalue weighted by atomic mass is 32.2. The molecule has 1 aliphatic heterocycles. The third-order valence-electron chi connectivity index (χ3n) is 5.70. The SMILES string of the molecule is CCCC[C@@H]1CN(c2ccccc2)c2cc(N(C)C)c(C(=O)OC)cc2S(=O)(=O)N1PC. The van der Waals surface area contributed by atoms with Crippen molar-refractivity contribution < 1.29 is 17.9 Å². The minimum atomic E-state index is -3.82. The second kappa shape index (κ2) is 10.2. The van der Waals surface area contributed by atoms with Crippen LogP contribution in [0.3, 0.4) is 0 Å². The van der Waals surface area contributed by atoms with Crippen molar-refractivity contribution in [1.29, 1.82) is 0 Å². The first-order valence-corrected chi connectivity index (χ1v) is 13.6. The van der Waals surface area contributed by atoms with E-state index in [1.165, 1.54) is 13.2 Å². The van der Waals surface area contributed by atoms with Gasteiger partial charge in [0.25, 0.3) is 0 Å². The number of para-hydroxylation sites is 1. The first kappa shape index (κ1) is 24.5. The largest absolute Gasteiger partial charge is 0.465 e. The Bertz CT molecular complexity index is 1060. The molecule has 0 aromatic heterocycles. The van der Waals surface area contributed by atoms with E-state index in [0.29, 0.717) is 17.9 Å². The lowest BCUT2D eigenvalue weighted by atomic mass is 10.1. The number of fused-ring (bicyclic) bond motifs is 1. The number of ether oxygens (including phenoxy) is 1. The van der Waals surface area contributed by atoms with Crippen LogP contribution in [0.2, 0.25) is 0 Å². The van der Waals surface area contributed by atoms with E-state index in [0.717, 1.165) is 24.9 Å². The lowest BCUT2D eigenvalue weighted by Crippen LogP contribution is -2.38. The Labute approximate surface area is 193 Å². The molecule has 2 aromatic carbocycles. The van der Waals surface area contributed by atoms with E-state index in [-0.39, 0.29) is 25.2 Å². The van der Waals surface area contributed by atoms with Crippen molar-refractivity contribution in [3.8, 4) is 0 Å². The molecule has 1 aliphatic rings. The summed E-state index contributed by atoms with van der Waals surface area (Å²) in [6, 6.07) is 12.9. The van der Waals surface area contributed by atoms with Gasteiger partial charge in [-0.1, -0.05) is 38.0 Å². The fourth-order valence-electron chi connectivity index (χ4n) is 4.11. The zero-order valence-electron chi connectivity index (χ0n) is 19.3. The number of methoxy groups -OCH3 is 1. The lowest BCUT2D eigenvalue weighted by molar-refractivity contribution is 0.0601. The fraction of sp³-hybridized carbons (Fsp3) is 0.435. The number of unbranched alkanes of at least 4 members (excludes halogenated alkanes) is 1. The second-order valence-electron chi connectivity index (χ2n) is 7.99. The zero-order valence-corrected chi connectivity index (χ0v) is 21.1. The summed E-state index contributed by atoms with van der Waals surface area (Å²) in [6.45, 7) is 4.55. The van der Waals surface area contributed by atoms with Gasteiger partial charge in [0.15, 0.2) is 0 Å². The van der Waals surface area contributed by atoms with Crippen LogP contribution in [0.4, 0.5) is 17.1 Å². The summed E-state index contributed by atoms with van der Waals surface area (Å²) >= 11 is 0. The molecular formula is C23H32N3O4PS. The smallest absolute Gasteiger partial charge is 0.340 e. The Hall–Kier alpha value is -2.15. The molecule has 0 saturated heterocycles. The van der Waals surface area contributed by atoms with Crippen LogP contribution >= 0.6 is 8.73 Å². The number of carbonyl (C=O) groups excluding carboxylic acids is 1. The Morgan fingerprint density at radius 3 is 2.47 bits per heavy atom. The van der Waals surface area contributed by atoms with Crippen LogP contribution in [-0.2, 0) is 14.8 Å². The summed E-state index contributed by atoms with van der Waals surface area (Å²) in [7, 11) is 1.23. The number of anilines is 3. The standard InChI is InChI=1S/C23H32N3O4PS/c1-6-7-11-18-16-25(17-12-9-8-10-13-17)21-15-20(24(2)3)19(23(27)30-4)14-22(21)32(28,29)26(18)31-5/h8-10,12-15,18,31H,6-7,11,16H2,1-5H3/t18-/m1/s1. The van der Waals surface area contributed by atoms with E-state index >= 15 is 0 Å². The van der Waals surface area contributed by atoms with Gasteiger partial charge in [-0.2, -0.15) is 4.08 Å². The van der Waals surface area contributed by atoms with Crippen LogP contribution < -0.4 is 9.80 Å². The number of esters is 1. The maximum absolute atomic E-state index is 13.9. The molecule has 0 saturated carbocycles. The molecular weight excluding hydrogens is 445 g/mol. The van der Waals surface area contributed by atoms with Crippen LogP contribution in [-0.4, -0.2) is 58.9 Å². The third-order valence-corrected chi connectivity index (χ3v) is 9.47. The molecule has 174 valence electrons. The molecule has 0 amide bonds. The molecule has 1 heterocycles. The number of rotatable bonds is 7. The predicted octanol–water partition coefficient (Wildman–Crippen LogP) is 4.46. The predicted molar refractivity (Wildman–Crippen MR) is 132 cm³/mol. The maximum atomic E-state index is 13.9. The first-order valence-electron chi connectivity index (χ1n) is 10.7. The van der Waals surface area contributed by atoms with E-state index in [9.17, 15) is 13.2 Å². The van der Waals surface area contributed by atoms with Crippen molar-refractivity contribution in [2.24, 2.45) is 0 Å². The highest BCUT2D eigenvalue weighted by molar-refractivity contribution is 7.93. The van der Waals surface area contributed by atoms with E-state index in [1.807, 2.05) is 51.1 Å². The summed E-state index contributed by atoms with van der Waals surface area (Å²) < 4.78 is 34.4. The molecule has 0 aliphatic carbocycles. The average Bonchev–Trinajstić information content (AvgIpc) is 2.88. The maximum Gasteiger partial charge on any atom is 0.340 e. The van der Waals surface area contributed by atoms with E-state index in [4.69, 9.17) is 4.74 Å². The number of benzene rings is 2. The molecule has 2 aromatic rings. The van der Waals surface area contributed by atoms with Crippen LogP contribution in [0.25, 0.3) is 0 Å². The molecule has 2 atom stereocenters. The summed E-state index contributed by atoms with van der Waals surface area (Å²) in [4.78, 5) is 16.6. The second-order valence-corrected chi connectivity index (χ2v) is 11.0. The van der Waals surface area contributed by atoms with Crippen molar-refractivity contribution in [3.63, 3.8) is 0 Å². The van der Waals surface area contributed by atoms with E-state index < -0.39 is 16.0 Å². The van der Waals surface area contributed by atoms with Gasteiger partial charge in [-0.05, 0) is 46.1 Å². The number of hydrogen-bond donors (Lipinski definition) is 0. The minimum Gasteiger partial charge on any atom is -0.465 e. The highest BCUT2D eigenvalue weighted by Gasteiger charge is 2.39.